The summed E-state index contributed by atoms with van der Waals surface area (Å²) in [5.74, 6) is 0.777. The van der Waals surface area contributed by atoms with Crippen molar-refractivity contribution in [1.82, 2.24) is 4.57 Å². The highest BCUT2D eigenvalue weighted by molar-refractivity contribution is 6.30. The lowest BCUT2D eigenvalue weighted by molar-refractivity contribution is 0.416. The molecular formula is C25H18ClNO. The lowest BCUT2D eigenvalue weighted by atomic mass is 10.0. The van der Waals surface area contributed by atoms with Gasteiger partial charge in [-0.25, -0.2) is 0 Å². The molecule has 1 aromatic heterocycles. The van der Waals surface area contributed by atoms with E-state index in [-0.39, 0.29) is 0 Å². The van der Waals surface area contributed by atoms with E-state index in [9.17, 15) is 0 Å². The van der Waals surface area contributed by atoms with Gasteiger partial charge in [-0.3, -0.25) is 0 Å². The maximum Gasteiger partial charge on any atom is 0.128 e. The zero-order valence-electron chi connectivity index (χ0n) is 15.4. The standard InChI is InChI=1S/C25H18ClNO/c1-28-25-16-18(26)12-13-20(25)17-11-14-24-22(15-17)21-9-5-6-10-23(21)27(24)19-7-3-2-4-8-19/h2-16H,1H3. The highest BCUT2D eigenvalue weighted by atomic mass is 35.5. The average molecular weight is 384 g/mol. The van der Waals surface area contributed by atoms with Gasteiger partial charge < -0.3 is 9.30 Å². The second kappa shape index (κ2) is 6.74. The van der Waals surface area contributed by atoms with E-state index in [0.717, 1.165) is 22.6 Å². The van der Waals surface area contributed by atoms with Crippen LogP contribution < -0.4 is 4.74 Å². The molecule has 3 heteroatoms. The number of fused-ring (bicyclic) bond motifs is 3. The SMILES string of the molecule is COc1cc(Cl)ccc1-c1ccc2c(c1)c1ccccc1n2-c1ccccc1. The van der Waals surface area contributed by atoms with Crippen LogP contribution in [-0.2, 0) is 0 Å². The Morgan fingerprint density at radius 1 is 0.714 bits per heavy atom. The molecule has 0 saturated carbocycles. The van der Waals surface area contributed by atoms with Crippen molar-refractivity contribution in [2.24, 2.45) is 0 Å². The molecule has 0 bridgehead atoms. The molecule has 2 nitrogen and oxygen atoms in total. The summed E-state index contributed by atoms with van der Waals surface area (Å²) in [6.45, 7) is 0. The first-order valence-electron chi connectivity index (χ1n) is 9.19. The highest BCUT2D eigenvalue weighted by Gasteiger charge is 2.14. The van der Waals surface area contributed by atoms with Crippen molar-refractivity contribution in [2.75, 3.05) is 7.11 Å². The van der Waals surface area contributed by atoms with Gasteiger partial charge in [0.25, 0.3) is 0 Å². The second-order valence-electron chi connectivity index (χ2n) is 6.76. The van der Waals surface area contributed by atoms with E-state index in [1.807, 2.05) is 24.3 Å². The molecule has 1 heterocycles. The first-order chi connectivity index (χ1) is 13.8. The van der Waals surface area contributed by atoms with Crippen LogP contribution in [0.15, 0.2) is 91.0 Å². The van der Waals surface area contributed by atoms with Crippen LogP contribution in [0.1, 0.15) is 0 Å². The number of hydrogen-bond acceptors (Lipinski definition) is 1. The minimum atomic E-state index is 0.669. The predicted octanol–water partition coefficient (Wildman–Crippen LogP) is 7.11. The van der Waals surface area contributed by atoms with E-state index in [0.29, 0.717) is 5.02 Å². The van der Waals surface area contributed by atoms with Gasteiger partial charge in [-0.05, 0) is 54.1 Å². The number of aromatic nitrogens is 1. The Morgan fingerprint density at radius 3 is 2.29 bits per heavy atom. The topological polar surface area (TPSA) is 14.2 Å². The van der Waals surface area contributed by atoms with Gasteiger partial charge in [0, 0.05) is 27.0 Å². The Hall–Kier alpha value is -3.23. The molecule has 5 rings (SSSR count). The van der Waals surface area contributed by atoms with Crippen molar-refractivity contribution in [3.63, 3.8) is 0 Å². The van der Waals surface area contributed by atoms with Gasteiger partial charge in [0.05, 0.1) is 18.1 Å². The number of nitrogens with zero attached hydrogens (tertiary/aromatic N) is 1. The molecule has 0 atom stereocenters. The fraction of sp³-hybridized carbons (Fsp3) is 0.0400. The number of rotatable bonds is 3. The quantitative estimate of drug-likeness (QED) is 0.323. The Balaban J connectivity index is 1.81. The summed E-state index contributed by atoms with van der Waals surface area (Å²) in [4.78, 5) is 0. The minimum Gasteiger partial charge on any atom is -0.496 e. The van der Waals surface area contributed by atoms with Crippen LogP contribution in [0.3, 0.4) is 0 Å². The number of halogens is 1. The maximum absolute atomic E-state index is 6.14. The molecule has 5 aromatic rings. The van der Waals surface area contributed by atoms with Gasteiger partial charge in [0.15, 0.2) is 0 Å². The van der Waals surface area contributed by atoms with Crippen LogP contribution in [0.25, 0.3) is 38.6 Å². The highest BCUT2D eigenvalue weighted by Crippen LogP contribution is 2.37. The van der Waals surface area contributed by atoms with Crippen molar-refractivity contribution >= 4 is 33.4 Å². The van der Waals surface area contributed by atoms with Crippen molar-refractivity contribution in [1.29, 1.82) is 0 Å². The number of methoxy groups -OCH3 is 1. The molecule has 0 N–H and O–H groups in total. The summed E-state index contributed by atoms with van der Waals surface area (Å²) in [5, 5.41) is 3.12. The number of benzene rings is 4. The summed E-state index contributed by atoms with van der Waals surface area (Å²) in [7, 11) is 1.68. The van der Waals surface area contributed by atoms with Crippen LogP contribution in [-0.4, -0.2) is 11.7 Å². The van der Waals surface area contributed by atoms with Crippen LogP contribution >= 0.6 is 11.6 Å². The summed E-state index contributed by atoms with van der Waals surface area (Å²) < 4.78 is 7.88. The molecule has 28 heavy (non-hydrogen) atoms. The van der Waals surface area contributed by atoms with Gasteiger partial charge in [-0.1, -0.05) is 54.1 Å². The first kappa shape index (κ1) is 16.9. The van der Waals surface area contributed by atoms with E-state index >= 15 is 0 Å². The molecule has 0 unspecified atom stereocenters. The molecule has 0 radical (unpaired) electrons. The lowest BCUT2D eigenvalue weighted by Gasteiger charge is -2.10. The van der Waals surface area contributed by atoms with Crippen LogP contribution in [0.2, 0.25) is 5.02 Å². The lowest BCUT2D eigenvalue weighted by Crippen LogP contribution is -1.93. The molecule has 0 saturated heterocycles. The van der Waals surface area contributed by atoms with E-state index in [1.54, 1.807) is 7.11 Å². The number of para-hydroxylation sites is 2. The Morgan fingerprint density at radius 2 is 1.46 bits per heavy atom. The molecule has 0 aliphatic rings. The van der Waals surface area contributed by atoms with E-state index in [2.05, 4.69) is 71.3 Å². The zero-order valence-corrected chi connectivity index (χ0v) is 16.1. The third-order valence-corrected chi connectivity index (χ3v) is 5.40. The molecule has 0 amide bonds. The molecule has 0 spiro atoms. The zero-order chi connectivity index (χ0) is 19.1. The number of ether oxygens (including phenoxy) is 1. The summed E-state index contributed by atoms with van der Waals surface area (Å²) in [6.07, 6.45) is 0. The van der Waals surface area contributed by atoms with Gasteiger partial charge in [-0.2, -0.15) is 0 Å². The summed E-state index contributed by atoms with van der Waals surface area (Å²) >= 11 is 6.14. The van der Waals surface area contributed by atoms with Gasteiger partial charge in [0.2, 0.25) is 0 Å². The predicted molar refractivity (Wildman–Crippen MR) is 118 cm³/mol. The maximum atomic E-state index is 6.14. The van der Waals surface area contributed by atoms with E-state index in [1.165, 1.54) is 21.8 Å². The Kier molecular flexibility index (Phi) is 4.07. The van der Waals surface area contributed by atoms with Crippen molar-refractivity contribution in [2.45, 2.75) is 0 Å². The smallest absolute Gasteiger partial charge is 0.128 e. The van der Waals surface area contributed by atoms with Crippen molar-refractivity contribution in [3.8, 4) is 22.6 Å². The average Bonchev–Trinajstić information content (AvgIpc) is 3.08. The molecule has 0 fully saturated rings. The Bertz CT molecular complexity index is 1300. The van der Waals surface area contributed by atoms with Crippen LogP contribution in [0.4, 0.5) is 0 Å². The molecule has 0 aliphatic heterocycles. The van der Waals surface area contributed by atoms with Gasteiger partial charge in [-0.15, -0.1) is 0 Å². The van der Waals surface area contributed by atoms with E-state index in [4.69, 9.17) is 16.3 Å². The minimum absolute atomic E-state index is 0.669. The van der Waals surface area contributed by atoms with Crippen molar-refractivity contribution < 1.29 is 4.74 Å². The second-order valence-corrected chi connectivity index (χ2v) is 7.20. The van der Waals surface area contributed by atoms with Gasteiger partial charge >= 0.3 is 0 Å². The molecule has 4 aromatic carbocycles. The van der Waals surface area contributed by atoms with Crippen LogP contribution in [0.5, 0.6) is 5.75 Å². The Labute approximate surface area is 168 Å². The fourth-order valence-electron chi connectivity index (χ4n) is 3.90. The first-order valence-corrected chi connectivity index (χ1v) is 9.56. The molecule has 136 valence electrons. The largest absolute Gasteiger partial charge is 0.496 e. The third kappa shape index (κ3) is 2.65. The summed E-state index contributed by atoms with van der Waals surface area (Å²) in [5.41, 5.74) is 5.68. The molecular weight excluding hydrogens is 366 g/mol. The normalized spacial score (nSPS) is 11.2. The molecule has 0 aliphatic carbocycles. The van der Waals surface area contributed by atoms with Crippen molar-refractivity contribution in [3.05, 3.63) is 96.0 Å². The summed E-state index contributed by atoms with van der Waals surface area (Å²) in [6, 6.07) is 31.3. The van der Waals surface area contributed by atoms with E-state index < -0.39 is 0 Å². The van der Waals surface area contributed by atoms with Gasteiger partial charge in [0.1, 0.15) is 5.75 Å². The number of hydrogen-bond donors (Lipinski definition) is 0. The monoisotopic (exact) mass is 383 g/mol. The fourth-order valence-corrected chi connectivity index (χ4v) is 4.06. The van der Waals surface area contributed by atoms with Crippen LogP contribution in [0, 0.1) is 0 Å². The third-order valence-electron chi connectivity index (χ3n) is 5.16.